The van der Waals surface area contributed by atoms with Gasteiger partial charge in [0.1, 0.15) is 21.6 Å². The summed E-state index contributed by atoms with van der Waals surface area (Å²) in [5.74, 6) is -2.45. The molecule has 8 nitrogen and oxygen atoms in total. The first-order chi connectivity index (χ1) is 13.8. The van der Waals surface area contributed by atoms with Crippen LogP contribution in [0.4, 0.5) is 0 Å². The molecule has 0 unspecified atom stereocenters. The monoisotopic (exact) mass is 432 g/mol. The van der Waals surface area contributed by atoms with E-state index in [-0.39, 0.29) is 22.1 Å². The fourth-order valence-corrected chi connectivity index (χ4v) is 4.23. The number of pyridine rings is 1. The van der Waals surface area contributed by atoms with Gasteiger partial charge in [0.25, 0.3) is 5.91 Å². The lowest BCUT2D eigenvalue weighted by atomic mass is 10.1. The van der Waals surface area contributed by atoms with Gasteiger partial charge in [-0.15, -0.1) is 0 Å². The third kappa shape index (κ3) is 4.38. The molecule has 0 bridgehead atoms. The predicted octanol–water partition coefficient (Wildman–Crippen LogP) is 2.76. The Balaban J connectivity index is 1.92. The average Bonchev–Trinajstić information content (AvgIpc) is 2.95. The normalized spacial score (nSPS) is 16.4. The van der Waals surface area contributed by atoms with Gasteiger partial charge in [0.15, 0.2) is 0 Å². The number of fused-ring (bicyclic) bond motifs is 1. The minimum atomic E-state index is -1.34. The fraction of sp³-hybridized carbons (Fsp3) is 0.211. The smallest absolute Gasteiger partial charge is 0.326 e. The second kappa shape index (κ2) is 8.58. The molecule has 1 aliphatic heterocycles. The number of carbonyl (C=O) groups is 3. The zero-order chi connectivity index (χ0) is 21.1. The summed E-state index contributed by atoms with van der Waals surface area (Å²) in [7, 11) is 1.54. The Bertz CT molecular complexity index is 1050. The number of thiocarbonyl (C=S) groups is 1. The number of amides is 1. The van der Waals surface area contributed by atoms with E-state index in [4.69, 9.17) is 22.1 Å². The van der Waals surface area contributed by atoms with Gasteiger partial charge in [-0.1, -0.05) is 42.2 Å². The molecule has 1 aromatic heterocycles. The van der Waals surface area contributed by atoms with E-state index < -0.39 is 23.9 Å². The topological polar surface area (TPSA) is 117 Å². The summed E-state index contributed by atoms with van der Waals surface area (Å²) in [5, 5.41) is 19.1. The number of rotatable bonds is 7. The molecule has 2 heterocycles. The maximum atomic E-state index is 12.8. The second-order valence-electron chi connectivity index (χ2n) is 6.11. The van der Waals surface area contributed by atoms with Crippen LogP contribution in [0, 0.1) is 0 Å². The number of hydrogen-bond acceptors (Lipinski definition) is 7. The highest BCUT2D eigenvalue weighted by Crippen LogP contribution is 2.35. The number of aliphatic carboxylic acids is 2. The van der Waals surface area contributed by atoms with Crippen LogP contribution in [0.2, 0.25) is 0 Å². The summed E-state index contributed by atoms with van der Waals surface area (Å²) in [6.45, 7) is 0. The van der Waals surface area contributed by atoms with Crippen molar-refractivity contribution in [3.63, 3.8) is 0 Å². The van der Waals surface area contributed by atoms with Gasteiger partial charge in [-0.05, 0) is 24.6 Å². The van der Waals surface area contributed by atoms with Crippen LogP contribution in [-0.4, -0.2) is 55.4 Å². The predicted molar refractivity (Wildman–Crippen MR) is 112 cm³/mol. The summed E-state index contributed by atoms with van der Waals surface area (Å²) in [4.78, 5) is 40.8. The molecule has 1 aromatic carbocycles. The van der Waals surface area contributed by atoms with Crippen LogP contribution in [-0.2, 0) is 14.4 Å². The van der Waals surface area contributed by atoms with E-state index in [9.17, 15) is 19.5 Å². The molecule has 0 saturated carbocycles. The van der Waals surface area contributed by atoms with Crippen molar-refractivity contribution in [2.24, 2.45) is 0 Å². The number of para-hydroxylation sites is 1. The molecule has 2 N–H and O–H groups in total. The summed E-state index contributed by atoms with van der Waals surface area (Å²) >= 11 is 6.14. The number of ether oxygens (including phenoxy) is 1. The van der Waals surface area contributed by atoms with Crippen molar-refractivity contribution in [2.45, 2.75) is 18.9 Å². The van der Waals surface area contributed by atoms with Gasteiger partial charge < -0.3 is 14.9 Å². The van der Waals surface area contributed by atoms with E-state index in [1.54, 1.807) is 12.1 Å². The molecular formula is C19H16N2O6S2. The fourth-order valence-electron chi connectivity index (χ4n) is 2.89. The minimum absolute atomic E-state index is 0.0670. The third-order valence-corrected chi connectivity index (χ3v) is 5.59. The van der Waals surface area contributed by atoms with Gasteiger partial charge in [-0.3, -0.25) is 14.5 Å². The van der Waals surface area contributed by atoms with Crippen LogP contribution >= 0.6 is 24.0 Å². The van der Waals surface area contributed by atoms with E-state index in [2.05, 4.69) is 4.98 Å². The number of benzene rings is 1. The number of hydrogen-bond donors (Lipinski definition) is 2. The zero-order valence-corrected chi connectivity index (χ0v) is 16.8. The Kier molecular flexibility index (Phi) is 6.14. The van der Waals surface area contributed by atoms with Crippen LogP contribution in [0.5, 0.6) is 5.75 Å². The molecule has 1 fully saturated rings. The van der Waals surface area contributed by atoms with Gasteiger partial charge >= 0.3 is 11.9 Å². The van der Waals surface area contributed by atoms with Crippen LogP contribution in [0.1, 0.15) is 18.5 Å². The number of thioether (sulfide) groups is 1. The number of nitrogens with zero attached hydrogens (tertiary/aromatic N) is 2. The highest BCUT2D eigenvalue weighted by Gasteiger charge is 2.40. The largest absolute Gasteiger partial charge is 0.494 e. The molecule has 0 spiro atoms. The molecule has 0 radical (unpaired) electrons. The van der Waals surface area contributed by atoms with Gasteiger partial charge in [0.05, 0.1) is 17.7 Å². The number of carboxylic acid groups (broad SMARTS) is 2. The van der Waals surface area contributed by atoms with Gasteiger partial charge in [-0.2, -0.15) is 0 Å². The van der Waals surface area contributed by atoms with Gasteiger partial charge in [0.2, 0.25) is 0 Å². The van der Waals surface area contributed by atoms with Crippen molar-refractivity contribution in [1.29, 1.82) is 0 Å². The lowest BCUT2D eigenvalue weighted by Gasteiger charge is -2.22. The molecule has 2 aromatic rings. The second-order valence-corrected chi connectivity index (χ2v) is 7.78. The summed E-state index contributed by atoms with van der Waals surface area (Å²) in [6.07, 6.45) is 0.899. The van der Waals surface area contributed by atoms with Crippen molar-refractivity contribution < 1.29 is 29.3 Å². The number of methoxy groups -OCH3 is 1. The molecule has 29 heavy (non-hydrogen) atoms. The number of carbonyl (C=O) groups excluding carboxylic acids is 1. The van der Waals surface area contributed by atoms with Crippen LogP contribution in [0.25, 0.3) is 17.0 Å². The van der Waals surface area contributed by atoms with Gasteiger partial charge in [0, 0.05) is 11.8 Å². The first kappa shape index (κ1) is 20.7. The molecule has 10 heteroatoms. The van der Waals surface area contributed by atoms with E-state index in [1.807, 2.05) is 18.2 Å². The van der Waals surface area contributed by atoms with Crippen LogP contribution in [0.15, 0.2) is 35.2 Å². The summed E-state index contributed by atoms with van der Waals surface area (Å²) in [6, 6.07) is 7.73. The number of aromatic nitrogens is 1. The van der Waals surface area contributed by atoms with Crippen molar-refractivity contribution in [3.8, 4) is 5.75 Å². The van der Waals surface area contributed by atoms with Gasteiger partial charge in [-0.25, -0.2) is 9.78 Å². The molecule has 1 saturated heterocycles. The van der Waals surface area contributed by atoms with E-state index >= 15 is 0 Å². The summed E-state index contributed by atoms with van der Waals surface area (Å²) in [5.41, 5.74) is 1.11. The van der Waals surface area contributed by atoms with Crippen molar-refractivity contribution in [2.75, 3.05) is 7.11 Å². The van der Waals surface area contributed by atoms with Crippen molar-refractivity contribution in [3.05, 3.63) is 40.9 Å². The number of carboxylic acids is 2. The maximum Gasteiger partial charge on any atom is 0.326 e. The van der Waals surface area contributed by atoms with Crippen LogP contribution < -0.4 is 4.74 Å². The highest BCUT2D eigenvalue weighted by atomic mass is 32.2. The van der Waals surface area contributed by atoms with Crippen molar-refractivity contribution in [1.82, 2.24) is 9.88 Å². The lowest BCUT2D eigenvalue weighted by Crippen LogP contribution is -2.44. The average molecular weight is 432 g/mol. The Labute approximate surface area is 175 Å². The minimum Gasteiger partial charge on any atom is -0.494 e. The highest BCUT2D eigenvalue weighted by molar-refractivity contribution is 8.26. The van der Waals surface area contributed by atoms with E-state index in [1.165, 1.54) is 13.2 Å². The Hall–Kier alpha value is -2.98. The summed E-state index contributed by atoms with van der Waals surface area (Å²) < 4.78 is 5.38. The molecule has 1 atom stereocenters. The molecule has 3 rings (SSSR count). The molecule has 0 aliphatic carbocycles. The SMILES string of the molecule is COc1cccc2ccc(/C=C3\SC(=S)N([C@H](CCC(=O)O)C(=O)O)C3=O)nc12. The quantitative estimate of drug-likeness (QED) is 0.503. The first-order valence-corrected chi connectivity index (χ1v) is 9.69. The van der Waals surface area contributed by atoms with Crippen molar-refractivity contribution >= 4 is 63.1 Å². The lowest BCUT2D eigenvalue weighted by molar-refractivity contribution is -0.146. The third-order valence-electron chi connectivity index (χ3n) is 4.26. The maximum absolute atomic E-state index is 12.8. The standard InChI is InChI=1S/C19H16N2O6S2/c1-27-13-4-2-3-10-5-6-11(20-16(10)13)9-14-17(24)21(19(28)29-14)12(18(25)26)7-8-15(22)23/h2-6,9,12H,7-8H2,1H3,(H,22,23)(H,25,26)/b14-9-/t12-/m1/s1. The van der Waals surface area contributed by atoms with E-state index in [0.717, 1.165) is 22.0 Å². The van der Waals surface area contributed by atoms with E-state index in [0.29, 0.717) is 17.0 Å². The Morgan fingerprint density at radius 2 is 2.07 bits per heavy atom. The Morgan fingerprint density at radius 3 is 2.72 bits per heavy atom. The molecular weight excluding hydrogens is 416 g/mol. The molecule has 150 valence electrons. The molecule has 1 aliphatic rings. The first-order valence-electron chi connectivity index (χ1n) is 8.47. The Morgan fingerprint density at radius 1 is 1.31 bits per heavy atom. The van der Waals surface area contributed by atoms with Crippen LogP contribution in [0.3, 0.4) is 0 Å². The zero-order valence-electron chi connectivity index (χ0n) is 15.2. The molecule has 1 amide bonds.